The van der Waals surface area contributed by atoms with Crippen molar-refractivity contribution in [2.75, 3.05) is 32.8 Å². The number of amides is 1. The molecule has 1 amide bonds. The van der Waals surface area contributed by atoms with Crippen LogP contribution < -0.4 is 14.8 Å². The summed E-state index contributed by atoms with van der Waals surface area (Å²) in [5.74, 6) is 2.57. The molecule has 1 atom stereocenters. The third kappa shape index (κ3) is 6.02. The Hall–Kier alpha value is -2.47. The lowest BCUT2D eigenvalue weighted by Gasteiger charge is -2.27. The van der Waals surface area contributed by atoms with Gasteiger partial charge in [0.15, 0.2) is 0 Å². The molecule has 152 valence electrons. The van der Waals surface area contributed by atoms with Crippen LogP contribution in [0.5, 0.6) is 11.5 Å². The number of carbonyl (C=O) groups excluding carboxylic acids is 1. The lowest BCUT2D eigenvalue weighted by Crippen LogP contribution is -2.40. The number of carbonyl (C=O) groups is 1. The van der Waals surface area contributed by atoms with Crippen molar-refractivity contribution in [3.63, 3.8) is 0 Å². The van der Waals surface area contributed by atoms with Crippen molar-refractivity contribution in [3.05, 3.63) is 48.4 Å². The molecule has 1 fully saturated rings. The van der Waals surface area contributed by atoms with Crippen molar-refractivity contribution >= 4 is 5.91 Å². The third-order valence-electron chi connectivity index (χ3n) is 4.91. The Balaban J connectivity index is 1.41. The summed E-state index contributed by atoms with van der Waals surface area (Å²) in [4.78, 5) is 14.6. The van der Waals surface area contributed by atoms with Crippen LogP contribution >= 0.6 is 0 Å². The quantitative estimate of drug-likeness (QED) is 0.664. The number of furan rings is 1. The summed E-state index contributed by atoms with van der Waals surface area (Å²) in [5, 5.41) is 2.96. The molecular formula is C22H30N2O4. The average Bonchev–Trinajstić information content (AvgIpc) is 3.14. The Kier molecular flexibility index (Phi) is 7.79. The first kappa shape index (κ1) is 20.3. The fraction of sp³-hybridized carbons (Fsp3) is 0.500. The number of ether oxygens (including phenoxy) is 2. The summed E-state index contributed by atoms with van der Waals surface area (Å²) in [6, 6.07) is 11.6. The Morgan fingerprint density at radius 3 is 2.64 bits per heavy atom. The minimum Gasteiger partial charge on any atom is -0.494 e. The Morgan fingerprint density at radius 1 is 1.14 bits per heavy atom. The molecule has 1 N–H and O–H groups in total. The standard InChI is InChI=1S/C22H30N2O4/c1-2-26-18-9-11-19(12-10-18)27-16-13-23-22(25)17-24-14-5-3-4-7-20(24)21-8-6-15-28-21/h6,8-12,15,20H,2-5,7,13-14,16-17H2,1H3,(H,23,25). The molecule has 0 aliphatic carbocycles. The lowest BCUT2D eigenvalue weighted by atomic mass is 10.1. The van der Waals surface area contributed by atoms with E-state index in [0.29, 0.717) is 26.3 Å². The zero-order chi connectivity index (χ0) is 19.6. The number of hydrogen-bond donors (Lipinski definition) is 1. The second-order valence-corrected chi connectivity index (χ2v) is 6.95. The van der Waals surface area contributed by atoms with Crippen LogP contribution in [0.3, 0.4) is 0 Å². The van der Waals surface area contributed by atoms with Gasteiger partial charge in [-0.05, 0) is 62.7 Å². The van der Waals surface area contributed by atoms with E-state index < -0.39 is 0 Å². The maximum atomic E-state index is 12.4. The molecule has 28 heavy (non-hydrogen) atoms. The average molecular weight is 386 g/mol. The van der Waals surface area contributed by atoms with E-state index in [1.54, 1.807) is 6.26 Å². The van der Waals surface area contributed by atoms with Gasteiger partial charge < -0.3 is 19.2 Å². The van der Waals surface area contributed by atoms with Crippen molar-refractivity contribution < 1.29 is 18.7 Å². The monoisotopic (exact) mass is 386 g/mol. The van der Waals surface area contributed by atoms with E-state index in [1.807, 2.05) is 43.3 Å². The van der Waals surface area contributed by atoms with E-state index >= 15 is 0 Å². The largest absolute Gasteiger partial charge is 0.494 e. The second-order valence-electron chi connectivity index (χ2n) is 6.95. The summed E-state index contributed by atoms with van der Waals surface area (Å²) >= 11 is 0. The molecule has 2 aromatic rings. The van der Waals surface area contributed by atoms with Gasteiger partial charge >= 0.3 is 0 Å². The number of rotatable bonds is 9. The van der Waals surface area contributed by atoms with Gasteiger partial charge in [0.2, 0.25) is 5.91 Å². The van der Waals surface area contributed by atoms with E-state index in [9.17, 15) is 4.79 Å². The highest BCUT2D eigenvalue weighted by Crippen LogP contribution is 2.30. The third-order valence-corrected chi connectivity index (χ3v) is 4.91. The molecule has 6 heteroatoms. The van der Waals surface area contributed by atoms with E-state index in [-0.39, 0.29) is 11.9 Å². The van der Waals surface area contributed by atoms with E-state index in [2.05, 4.69) is 10.2 Å². The minimum absolute atomic E-state index is 0.0220. The van der Waals surface area contributed by atoms with Crippen molar-refractivity contribution in [1.29, 1.82) is 0 Å². The van der Waals surface area contributed by atoms with Crippen molar-refractivity contribution in [2.24, 2.45) is 0 Å². The predicted molar refractivity (Wildman–Crippen MR) is 108 cm³/mol. The SMILES string of the molecule is CCOc1ccc(OCCNC(=O)CN2CCCCCC2c2ccco2)cc1. The molecule has 1 aliphatic heterocycles. The van der Waals surface area contributed by atoms with Gasteiger partial charge in [0, 0.05) is 0 Å². The summed E-state index contributed by atoms with van der Waals surface area (Å²) in [7, 11) is 0. The van der Waals surface area contributed by atoms with Crippen LogP contribution in [-0.4, -0.2) is 43.7 Å². The Labute approximate surface area is 166 Å². The normalized spacial score (nSPS) is 17.7. The highest BCUT2D eigenvalue weighted by Gasteiger charge is 2.26. The van der Waals surface area contributed by atoms with Gasteiger partial charge in [-0.25, -0.2) is 0 Å². The molecule has 0 spiro atoms. The lowest BCUT2D eigenvalue weighted by molar-refractivity contribution is -0.123. The van der Waals surface area contributed by atoms with Crippen LogP contribution in [0, 0.1) is 0 Å². The molecular weight excluding hydrogens is 356 g/mol. The van der Waals surface area contributed by atoms with Crippen LogP contribution in [0.4, 0.5) is 0 Å². The number of nitrogens with zero attached hydrogens (tertiary/aromatic N) is 1. The van der Waals surface area contributed by atoms with Crippen LogP contribution in [-0.2, 0) is 4.79 Å². The Morgan fingerprint density at radius 2 is 1.93 bits per heavy atom. The van der Waals surface area contributed by atoms with Gasteiger partial charge in [-0.3, -0.25) is 9.69 Å². The molecule has 1 aromatic carbocycles. The first-order valence-electron chi connectivity index (χ1n) is 10.2. The molecule has 0 bridgehead atoms. The zero-order valence-corrected chi connectivity index (χ0v) is 16.6. The van der Waals surface area contributed by atoms with Gasteiger partial charge in [0.1, 0.15) is 23.9 Å². The number of likely N-dealkylation sites (tertiary alicyclic amines) is 1. The molecule has 0 radical (unpaired) electrons. The maximum absolute atomic E-state index is 12.4. The summed E-state index contributed by atoms with van der Waals surface area (Å²) in [6.07, 6.45) is 6.22. The van der Waals surface area contributed by atoms with Crippen molar-refractivity contribution in [2.45, 2.75) is 38.6 Å². The van der Waals surface area contributed by atoms with Gasteiger partial charge in [-0.15, -0.1) is 0 Å². The summed E-state index contributed by atoms with van der Waals surface area (Å²) in [5.41, 5.74) is 0. The van der Waals surface area contributed by atoms with Crippen molar-refractivity contribution in [3.8, 4) is 11.5 Å². The topological polar surface area (TPSA) is 63.9 Å². The zero-order valence-electron chi connectivity index (χ0n) is 16.6. The minimum atomic E-state index is 0.0220. The summed E-state index contributed by atoms with van der Waals surface area (Å²) < 4.78 is 16.7. The fourth-order valence-corrected chi connectivity index (χ4v) is 3.56. The van der Waals surface area contributed by atoms with Gasteiger partial charge in [0.05, 0.1) is 32.0 Å². The highest BCUT2D eigenvalue weighted by molar-refractivity contribution is 5.78. The van der Waals surface area contributed by atoms with E-state index in [4.69, 9.17) is 13.9 Å². The number of nitrogens with one attached hydrogen (secondary N) is 1. The van der Waals surface area contributed by atoms with Crippen LogP contribution in [0.15, 0.2) is 47.1 Å². The van der Waals surface area contributed by atoms with Crippen LogP contribution in [0.1, 0.15) is 44.4 Å². The smallest absolute Gasteiger partial charge is 0.234 e. The molecule has 1 aromatic heterocycles. The molecule has 1 saturated heterocycles. The molecule has 3 rings (SSSR count). The van der Waals surface area contributed by atoms with Crippen LogP contribution in [0.2, 0.25) is 0 Å². The fourth-order valence-electron chi connectivity index (χ4n) is 3.56. The first-order chi connectivity index (χ1) is 13.8. The van der Waals surface area contributed by atoms with Crippen LogP contribution in [0.25, 0.3) is 0 Å². The molecule has 1 unspecified atom stereocenters. The van der Waals surface area contributed by atoms with Gasteiger partial charge in [-0.1, -0.05) is 12.8 Å². The highest BCUT2D eigenvalue weighted by atomic mass is 16.5. The maximum Gasteiger partial charge on any atom is 0.234 e. The molecule has 0 saturated carbocycles. The number of hydrogen-bond acceptors (Lipinski definition) is 5. The van der Waals surface area contributed by atoms with Crippen molar-refractivity contribution in [1.82, 2.24) is 10.2 Å². The summed E-state index contributed by atoms with van der Waals surface area (Å²) in [6.45, 7) is 4.81. The molecule has 2 heterocycles. The second kappa shape index (κ2) is 10.8. The first-order valence-corrected chi connectivity index (χ1v) is 10.2. The Bertz CT molecular complexity index is 700. The van der Waals surface area contributed by atoms with E-state index in [0.717, 1.165) is 36.6 Å². The molecule has 6 nitrogen and oxygen atoms in total. The van der Waals surface area contributed by atoms with Gasteiger partial charge in [-0.2, -0.15) is 0 Å². The number of benzene rings is 1. The molecule has 1 aliphatic rings. The predicted octanol–water partition coefficient (Wildman–Crippen LogP) is 3.79. The van der Waals surface area contributed by atoms with Gasteiger partial charge in [0.25, 0.3) is 0 Å². The van der Waals surface area contributed by atoms with E-state index in [1.165, 1.54) is 12.8 Å².